The number of aryl methyl sites for hydroxylation is 1. The van der Waals surface area contributed by atoms with E-state index in [1.165, 1.54) is 24.7 Å². The first kappa shape index (κ1) is 18.5. The minimum atomic E-state index is -0.486. The molecule has 0 fully saturated rings. The van der Waals surface area contributed by atoms with Gasteiger partial charge in [-0.1, -0.05) is 17.7 Å². The van der Waals surface area contributed by atoms with Gasteiger partial charge in [0.1, 0.15) is 17.7 Å². The van der Waals surface area contributed by atoms with Crippen LogP contribution in [0.4, 0.5) is 11.5 Å². The van der Waals surface area contributed by atoms with Crippen LogP contribution < -0.4 is 15.8 Å². The molecule has 138 valence electrons. The molecule has 0 aliphatic rings. The van der Waals surface area contributed by atoms with E-state index in [9.17, 15) is 9.59 Å². The maximum absolute atomic E-state index is 12.6. The van der Waals surface area contributed by atoms with Crippen molar-refractivity contribution in [3.8, 4) is 5.69 Å². The fourth-order valence-corrected chi connectivity index (χ4v) is 2.56. The highest BCUT2D eigenvalue weighted by Crippen LogP contribution is 2.20. The zero-order valence-corrected chi connectivity index (χ0v) is 15.7. The molecular formula is C18H17ClN6O2. The number of carbonyl (C=O) groups excluding carboxylic acids is 1. The van der Waals surface area contributed by atoms with E-state index in [0.29, 0.717) is 22.2 Å². The summed E-state index contributed by atoms with van der Waals surface area (Å²) >= 11 is 6.13. The molecule has 0 radical (unpaired) electrons. The minimum Gasteiger partial charge on any atom is -0.361 e. The van der Waals surface area contributed by atoms with Gasteiger partial charge >= 0.3 is 0 Å². The lowest BCUT2D eigenvalue weighted by atomic mass is 10.2. The Morgan fingerprint density at radius 3 is 2.70 bits per heavy atom. The van der Waals surface area contributed by atoms with Gasteiger partial charge in [-0.2, -0.15) is 9.78 Å². The summed E-state index contributed by atoms with van der Waals surface area (Å²) in [4.78, 5) is 34.6. The standard InChI is InChI=1S/C18H17ClN6O2/c1-11-4-5-12(8-13(11)19)25-16(26)7-6-14(23-25)18(27)22-15-9-20-10-21-17(15)24(2)3/h4-10H,1-3H3,(H,22,27). The van der Waals surface area contributed by atoms with Crippen molar-refractivity contribution in [3.63, 3.8) is 0 Å². The first-order chi connectivity index (χ1) is 12.9. The van der Waals surface area contributed by atoms with Crippen LogP contribution >= 0.6 is 11.6 Å². The van der Waals surface area contributed by atoms with Crippen molar-refractivity contribution in [2.24, 2.45) is 0 Å². The SMILES string of the molecule is Cc1ccc(-n2nc(C(=O)Nc3cncnc3N(C)C)ccc2=O)cc1Cl. The van der Waals surface area contributed by atoms with Gasteiger partial charge in [-0.25, -0.2) is 9.97 Å². The second kappa shape index (κ2) is 7.55. The first-order valence-corrected chi connectivity index (χ1v) is 8.40. The Labute approximate surface area is 160 Å². The Hall–Kier alpha value is -3.26. The summed E-state index contributed by atoms with van der Waals surface area (Å²) in [5.41, 5.74) is 1.48. The summed E-state index contributed by atoms with van der Waals surface area (Å²) in [6.07, 6.45) is 2.89. The molecule has 0 aliphatic heterocycles. The highest BCUT2D eigenvalue weighted by Gasteiger charge is 2.15. The van der Waals surface area contributed by atoms with E-state index in [4.69, 9.17) is 11.6 Å². The molecule has 8 nitrogen and oxygen atoms in total. The van der Waals surface area contributed by atoms with Crippen LogP contribution in [0.25, 0.3) is 5.69 Å². The Morgan fingerprint density at radius 1 is 1.22 bits per heavy atom. The second-order valence-electron chi connectivity index (χ2n) is 6.01. The fourth-order valence-electron chi connectivity index (χ4n) is 2.38. The number of benzene rings is 1. The molecule has 0 saturated heterocycles. The maximum atomic E-state index is 12.6. The largest absolute Gasteiger partial charge is 0.361 e. The van der Waals surface area contributed by atoms with E-state index in [0.717, 1.165) is 10.2 Å². The smallest absolute Gasteiger partial charge is 0.276 e. The van der Waals surface area contributed by atoms with Crippen LogP contribution in [0, 0.1) is 6.92 Å². The Bertz CT molecular complexity index is 1060. The molecule has 0 saturated carbocycles. The summed E-state index contributed by atoms with van der Waals surface area (Å²) in [5, 5.41) is 7.39. The number of nitrogens with zero attached hydrogens (tertiary/aromatic N) is 5. The summed E-state index contributed by atoms with van der Waals surface area (Å²) in [7, 11) is 3.61. The molecule has 2 aromatic heterocycles. The zero-order valence-electron chi connectivity index (χ0n) is 15.0. The molecule has 0 unspecified atom stereocenters. The van der Waals surface area contributed by atoms with Gasteiger partial charge < -0.3 is 10.2 Å². The van der Waals surface area contributed by atoms with Crippen molar-refractivity contribution in [1.82, 2.24) is 19.7 Å². The zero-order chi connectivity index (χ0) is 19.6. The fraction of sp³-hybridized carbons (Fsp3) is 0.167. The molecule has 1 aromatic carbocycles. The van der Waals surface area contributed by atoms with Crippen molar-refractivity contribution in [3.05, 3.63) is 69.5 Å². The third-order valence-electron chi connectivity index (χ3n) is 3.80. The topological polar surface area (TPSA) is 93.0 Å². The van der Waals surface area contributed by atoms with Crippen LogP contribution in [0.15, 0.2) is 47.7 Å². The average Bonchev–Trinajstić information content (AvgIpc) is 2.64. The Kier molecular flexibility index (Phi) is 5.18. The lowest BCUT2D eigenvalue weighted by Gasteiger charge is -2.15. The van der Waals surface area contributed by atoms with Gasteiger partial charge in [0, 0.05) is 25.2 Å². The van der Waals surface area contributed by atoms with Gasteiger partial charge in [0.25, 0.3) is 11.5 Å². The van der Waals surface area contributed by atoms with Crippen molar-refractivity contribution in [2.45, 2.75) is 6.92 Å². The quantitative estimate of drug-likeness (QED) is 0.741. The Morgan fingerprint density at radius 2 is 2.00 bits per heavy atom. The van der Waals surface area contributed by atoms with E-state index in [2.05, 4.69) is 20.4 Å². The van der Waals surface area contributed by atoms with E-state index in [1.54, 1.807) is 37.2 Å². The van der Waals surface area contributed by atoms with Crippen LogP contribution in [0.2, 0.25) is 5.02 Å². The maximum Gasteiger partial charge on any atom is 0.276 e. The van der Waals surface area contributed by atoms with Crippen LogP contribution in [0.5, 0.6) is 0 Å². The van der Waals surface area contributed by atoms with Crippen molar-refractivity contribution in [1.29, 1.82) is 0 Å². The number of halogens is 1. The van der Waals surface area contributed by atoms with E-state index in [-0.39, 0.29) is 11.3 Å². The van der Waals surface area contributed by atoms with Crippen molar-refractivity contribution in [2.75, 3.05) is 24.3 Å². The highest BCUT2D eigenvalue weighted by molar-refractivity contribution is 6.31. The average molecular weight is 385 g/mol. The Balaban J connectivity index is 1.95. The van der Waals surface area contributed by atoms with Crippen LogP contribution in [0.1, 0.15) is 16.1 Å². The predicted octanol–water partition coefficient (Wildman–Crippen LogP) is 2.30. The number of rotatable bonds is 4. The number of nitrogens with one attached hydrogen (secondary N) is 1. The van der Waals surface area contributed by atoms with Gasteiger partial charge in [0.15, 0.2) is 5.82 Å². The molecule has 3 rings (SSSR count). The molecule has 3 aromatic rings. The summed E-state index contributed by atoms with van der Waals surface area (Å²) in [6, 6.07) is 7.77. The molecular weight excluding hydrogens is 368 g/mol. The lowest BCUT2D eigenvalue weighted by molar-refractivity contribution is 0.102. The van der Waals surface area contributed by atoms with Gasteiger partial charge in [-0.05, 0) is 30.7 Å². The molecule has 0 bridgehead atoms. The third-order valence-corrected chi connectivity index (χ3v) is 4.20. The van der Waals surface area contributed by atoms with Gasteiger partial charge in [0.2, 0.25) is 0 Å². The number of aromatic nitrogens is 4. The number of carbonyl (C=O) groups is 1. The van der Waals surface area contributed by atoms with E-state index in [1.807, 2.05) is 6.92 Å². The highest BCUT2D eigenvalue weighted by atomic mass is 35.5. The molecule has 1 amide bonds. The molecule has 0 atom stereocenters. The normalized spacial score (nSPS) is 10.5. The number of amides is 1. The van der Waals surface area contributed by atoms with Crippen molar-refractivity contribution < 1.29 is 4.79 Å². The summed E-state index contributed by atoms with van der Waals surface area (Å²) in [5.74, 6) is 0.0665. The summed E-state index contributed by atoms with van der Waals surface area (Å²) < 4.78 is 1.13. The minimum absolute atomic E-state index is 0.0693. The molecule has 0 spiro atoms. The first-order valence-electron chi connectivity index (χ1n) is 8.02. The number of hydrogen-bond donors (Lipinski definition) is 1. The van der Waals surface area contributed by atoms with E-state index >= 15 is 0 Å². The molecule has 2 heterocycles. The van der Waals surface area contributed by atoms with Crippen LogP contribution in [0.3, 0.4) is 0 Å². The van der Waals surface area contributed by atoms with E-state index < -0.39 is 5.91 Å². The van der Waals surface area contributed by atoms with Crippen LogP contribution in [-0.2, 0) is 0 Å². The molecule has 9 heteroatoms. The summed E-state index contributed by atoms with van der Waals surface area (Å²) in [6.45, 7) is 1.86. The number of anilines is 2. The second-order valence-corrected chi connectivity index (χ2v) is 6.42. The third kappa shape index (κ3) is 3.95. The lowest BCUT2D eigenvalue weighted by Crippen LogP contribution is -2.25. The molecule has 1 N–H and O–H groups in total. The number of hydrogen-bond acceptors (Lipinski definition) is 6. The molecule has 0 aliphatic carbocycles. The van der Waals surface area contributed by atoms with Crippen molar-refractivity contribution >= 4 is 29.0 Å². The predicted molar refractivity (Wildman–Crippen MR) is 104 cm³/mol. The molecule has 27 heavy (non-hydrogen) atoms. The van der Waals surface area contributed by atoms with Crippen LogP contribution in [-0.4, -0.2) is 39.8 Å². The van der Waals surface area contributed by atoms with Gasteiger partial charge in [-0.15, -0.1) is 0 Å². The monoisotopic (exact) mass is 384 g/mol. The van der Waals surface area contributed by atoms with Gasteiger partial charge in [-0.3, -0.25) is 9.59 Å². The van der Waals surface area contributed by atoms with Gasteiger partial charge in [0.05, 0.1) is 11.9 Å².